The second-order valence-electron chi connectivity index (χ2n) is 7.06. The lowest BCUT2D eigenvalue weighted by molar-refractivity contribution is 0.0931. The lowest BCUT2D eigenvalue weighted by atomic mass is 10.0. The van der Waals surface area contributed by atoms with Crippen molar-refractivity contribution in [2.45, 2.75) is 18.9 Å². The van der Waals surface area contributed by atoms with E-state index in [-0.39, 0.29) is 11.9 Å². The summed E-state index contributed by atoms with van der Waals surface area (Å²) in [4.78, 5) is 23.6. The molecule has 1 saturated heterocycles. The highest BCUT2D eigenvalue weighted by atomic mass is 35.5. The van der Waals surface area contributed by atoms with Crippen LogP contribution >= 0.6 is 23.2 Å². The van der Waals surface area contributed by atoms with Gasteiger partial charge in [0, 0.05) is 25.3 Å². The minimum Gasteiger partial charge on any atom is -0.349 e. The highest BCUT2D eigenvalue weighted by molar-refractivity contribution is 6.34. The summed E-state index contributed by atoms with van der Waals surface area (Å²) in [6, 6.07) is 16.5. The third-order valence-electron chi connectivity index (χ3n) is 5.01. The quantitative estimate of drug-likeness (QED) is 0.587. The number of benzene rings is 2. The van der Waals surface area contributed by atoms with Crippen LogP contribution in [0.15, 0.2) is 60.8 Å². The predicted octanol–water partition coefficient (Wildman–Crippen LogP) is 4.93. The van der Waals surface area contributed by atoms with Gasteiger partial charge in [-0.25, -0.2) is 4.98 Å². The van der Waals surface area contributed by atoms with E-state index in [1.165, 1.54) is 0 Å². The van der Waals surface area contributed by atoms with E-state index >= 15 is 0 Å². The fraction of sp³-hybridized carbons (Fsp3) is 0.227. The molecule has 0 unspecified atom stereocenters. The number of hydrogen-bond acceptors (Lipinski definition) is 5. The van der Waals surface area contributed by atoms with Crippen molar-refractivity contribution >= 4 is 46.6 Å². The largest absolute Gasteiger partial charge is 0.349 e. The molecule has 4 rings (SSSR count). The summed E-state index contributed by atoms with van der Waals surface area (Å²) in [5.41, 5.74) is 1.30. The number of amides is 1. The number of hydrogen-bond donors (Lipinski definition) is 2. The minimum absolute atomic E-state index is 0.0921. The molecule has 2 aromatic carbocycles. The molecule has 0 aliphatic carbocycles. The lowest BCUT2D eigenvalue weighted by Gasteiger charge is -2.32. The van der Waals surface area contributed by atoms with Crippen molar-refractivity contribution < 1.29 is 4.79 Å². The van der Waals surface area contributed by atoms with Crippen molar-refractivity contribution in [1.82, 2.24) is 15.3 Å². The van der Waals surface area contributed by atoms with E-state index in [0.29, 0.717) is 27.4 Å². The molecule has 8 heteroatoms. The number of carbonyl (C=O) groups excluding carboxylic acids is 1. The van der Waals surface area contributed by atoms with E-state index in [4.69, 9.17) is 23.2 Å². The predicted molar refractivity (Wildman–Crippen MR) is 121 cm³/mol. The first-order valence-electron chi connectivity index (χ1n) is 9.75. The Kier molecular flexibility index (Phi) is 6.35. The zero-order valence-electron chi connectivity index (χ0n) is 16.2. The average Bonchev–Trinajstić information content (AvgIpc) is 2.76. The number of aromatic nitrogens is 2. The van der Waals surface area contributed by atoms with Crippen molar-refractivity contribution in [2.75, 3.05) is 23.3 Å². The van der Waals surface area contributed by atoms with Gasteiger partial charge in [0.25, 0.3) is 5.91 Å². The summed E-state index contributed by atoms with van der Waals surface area (Å²) in [7, 11) is 0. The first kappa shape index (κ1) is 20.4. The number of carbonyl (C=O) groups is 1. The molecule has 0 spiro atoms. The molecule has 2 N–H and O–H groups in total. The van der Waals surface area contributed by atoms with Gasteiger partial charge in [0.2, 0.25) is 5.95 Å². The van der Waals surface area contributed by atoms with Crippen molar-refractivity contribution in [2.24, 2.45) is 0 Å². The van der Waals surface area contributed by atoms with Crippen LogP contribution in [0.4, 0.5) is 17.5 Å². The van der Waals surface area contributed by atoms with Gasteiger partial charge in [-0.05, 0) is 43.2 Å². The Morgan fingerprint density at radius 2 is 1.67 bits per heavy atom. The number of nitrogens with zero attached hydrogens (tertiary/aromatic N) is 3. The molecule has 30 heavy (non-hydrogen) atoms. The molecule has 0 atom stereocenters. The fourth-order valence-electron chi connectivity index (χ4n) is 3.40. The van der Waals surface area contributed by atoms with Crippen LogP contribution in [0.2, 0.25) is 10.0 Å². The number of nitrogens with one attached hydrogen (secondary N) is 2. The van der Waals surface area contributed by atoms with E-state index in [9.17, 15) is 4.79 Å². The smallest absolute Gasteiger partial charge is 0.253 e. The van der Waals surface area contributed by atoms with Gasteiger partial charge in [0.1, 0.15) is 5.82 Å². The molecule has 1 aliphatic heterocycles. The summed E-state index contributed by atoms with van der Waals surface area (Å²) >= 11 is 12.3. The van der Waals surface area contributed by atoms with Gasteiger partial charge >= 0.3 is 0 Å². The maximum atomic E-state index is 12.5. The number of halogens is 2. The Hall–Kier alpha value is -2.83. The molecule has 0 radical (unpaired) electrons. The van der Waals surface area contributed by atoms with Gasteiger partial charge in [-0.15, -0.1) is 0 Å². The van der Waals surface area contributed by atoms with Crippen molar-refractivity contribution in [3.8, 4) is 0 Å². The van der Waals surface area contributed by atoms with Crippen molar-refractivity contribution in [1.29, 1.82) is 0 Å². The third kappa shape index (κ3) is 4.83. The Balaban J connectivity index is 1.36. The monoisotopic (exact) mass is 441 g/mol. The van der Waals surface area contributed by atoms with E-state index in [2.05, 4.69) is 25.5 Å². The zero-order chi connectivity index (χ0) is 20.9. The molecule has 2 heterocycles. The van der Waals surface area contributed by atoms with Crippen LogP contribution in [-0.4, -0.2) is 35.0 Å². The van der Waals surface area contributed by atoms with Crippen molar-refractivity contribution in [3.63, 3.8) is 0 Å². The Labute approximate surface area is 185 Å². The number of rotatable bonds is 5. The van der Waals surface area contributed by atoms with E-state index < -0.39 is 0 Å². The zero-order valence-corrected chi connectivity index (χ0v) is 17.7. The van der Waals surface area contributed by atoms with Crippen LogP contribution in [0, 0.1) is 0 Å². The molecular weight excluding hydrogens is 421 g/mol. The topological polar surface area (TPSA) is 70.2 Å². The second-order valence-corrected chi connectivity index (χ2v) is 7.88. The highest BCUT2D eigenvalue weighted by Crippen LogP contribution is 2.25. The molecule has 1 aromatic heterocycles. The molecule has 1 amide bonds. The molecule has 1 fully saturated rings. The summed E-state index contributed by atoms with van der Waals surface area (Å²) < 4.78 is 0. The third-order valence-corrected chi connectivity index (χ3v) is 5.67. The van der Waals surface area contributed by atoms with Crippen LogP contribution in [0.1, 0.15) is 23.2 Å². The van der Waals surface area contributed by atoms with Crippen LogP contribution in [-0.2, 0) is 0 Å². The summed E-state index contributed by atoms with van der Waals surface area (Å²) in [6.45, 7) is 1.51. The van der Waals surface area contributed by atoms with Gasteiger partial charge in [-0.1, -0.05) is 47.5 Å². The highest BCUT2D eigenvalue weighted by Gasteiger charge is 2.23. The van der Waals surface area contributed by atoms with Gasteiger partial charge in [0.15, 0.2) is 0 Å². The standard InChI is InChI=1S/C22H21Cl2N5O/c23-17-6-2-1-5-16(17)21(30)26-15-10-13-29(14-11-15)22-25-12-9-20(28-22)27-19-8-4-3-7-18(19)24/h1-9,12,15H,10-11,13-14H2,(H,26,30)(H,25,27,28). The maximum absolute atomic E-state index is 12.5. The minimum atomic E-state index is -0.138. The first-order chi connectivity index (χ1) is 14.6. The van der Waals surface area contributed by atoms with E-state index in [1.807, 2.05) is 42.5 Å². The van der Waals surface area contributed by atoms with E-state index in [1.54, 1.807) is 18.3 Å². The van der Waals surface area contributed by atoms with Crippen LogP contribution < -0.4 is 15.5 Å². The molecule has 1 aliphatic rings. The fourth-order valence-corrected chi connectivity index (χ4v) is 3.81. The van der Waals surface area contributed by atoms with Gasteiger partial charge in [-0.2, -0.15) is 4.98 Å². The Morgan fingerprint density at radius 3 is 2.40 bits per heavy atom. The Bertz CT molecular complexity index is 1040. The van der Waals surface area contributed by atoms with Crippen molar-refractivity contribution in [3.05, 3.63) is 76.4 Å². The maximum Gasteiger partial charge on any atom is 0.253 e. The Morgan fingerprint density at radius 1 is 0.967 bits per heavy atom. The summed E-state index contributed by atoms with van der Waals surface area (Å²) in [5.74, 6) is 1.20. The average molecular weight is 442 g/mol. The number of anilines is 3. The second kappa shape index (κ2) is 9.32. The molecular formula is C22H21Cl2N5O. The summed E-state index contributed by atoms with van der Waals surface area (Å²) in [6.07, 6.45) is 3.34. The SMILES string of the molecule is O=C(NC1CCN(c2nccc(Nc3ccccc3Cl)n2)CC1)c1ccccc1Cl. The number of para-hydroxylation sites is 1. The number of piperidine rings is 1. The normalized spacial score (nSPS) is 14.4. The van der Waals surface area contributed by atoms with Gasteiger partial charge in [0.05, 0.1) is 21.3 Å². The van der Waals surface area contributed by atoms with Crippen LogP contribution in [0.5, 0.6) is 0 Å². The first-order valence-corrected chi connectivity index (χ1v) is 10.5. The van der Waals surface area contributed by atoms with Crippen LogP contribution in [0.25, 0.3) is 0 Å². The summed E-state index contributed by atoms with van der Waals surface area (Å²) in [5, 5.41) is 7.41. The van der Waals surface area contributed by atoms with Gasteiger partial charge in [-0.3, -0.25) is 4.79 Å². The molecule has 0 saturated carbocycles. The lowest BCUT2D eigenvalue weighted by Crippen LogP contribution is -2.45. The van der Waals surface area contributed by atoms with Crippen LogP contribution in [0.3, 0.4) is 0 Å². The molecule has 3 aromatic rings. The molecule has 154 valence electrons. The van der Waals surface area contributed by atoms with E-state index in [0.717, 1.165) is 31.6 Å². The molecule has 0 bridgehead atoms. The molecule has 6 nitrogen and oxygen atoms in total. The van der Waals surface area contributed by atoms with Gasteiger partial charge < -0.3 is 15.5 Å².